The Labute approximate surface area is 165 Å². The van der Waals surface area contributed by atoms with E-state index in [1.165, 1.54) is 18.2 Å². The summed E-state index contributed by atoms with van der Waals surface area (Å²) in [5.41, 5.74) is 8.71. The first-order valence-corrected chi connectivity index (χ1v) is 9.44. The van der Waals surface area contributed by atoms with E-state index < -0.39 is 0 Å². The first kappa shape index (κ1) is 20.1. The van der Waals surface area contributed by atoms with E-state index in [0.29, 0.717) is 6.04 Å². The molecule has 2 aliphatic heterocycles. The molecule has 0 aromatic heterocycles. The second-order valence-electron chi connectivity index (χ2n) is 7.31. The summed E-state index contributed by atoms with van der Waals surface area (Å²) in [5, 5.41) is 0. The molecule has 2 aliphatic rings. The van der Waals surface area contributed by atoms with Crippen molar-refractivity contribution in [3.63, 3.8) is 0 Å². The Morgan fingerprint density at radius 2 is 1.74 bits per heavy atom. The third-order valence-electron chi connectivity index (χ3n) is 5.67. The molecular weight excluding hydrogens is 368 g/mol. The number of fused-ring (bicyclic) bond motifs is 3. The average molecular weight is 394 g/mol. The van der Waals surface area contributed by atoms with E-state index in [1.54, 1.807) is 6.07 Å². The predicted octanol–water partition coefficient (Wildman–Crippen LogP) is 4.44. The molecule has 2 atom stereocenters. The lowest BCUT2D eigenvalue weighted by Crippen LogP contribution is -2.45. The number of hydrogen-bond donors (Lipinski definition) is 1. The summed E-state index contributed by atoms with van der Waals surface area (Å²) in [6, 6.07) is 12.0. The van der Waals surface area contributed by atoms with Crippen LogP contribution in [0.5, 0.6) is 0 Å². The number of halogens is 3. The van der Waals surface area contributed by atoms with Crippen molar-refractivity contribution in [3.05, 3.63) is 59.7 Å². The highest BCUT2D eigenvalue weighted by molar-refractivity contribution is 5.85. The van der Waals surface area contributed by atoms with Gasteiger partial charge in [-0.1, -0.05) is 0 Å². The summed E-state index contributed by atoms with van der Waals surface area (Å²) in [4.78, 5) is 4.75. The fourth-order valence-electron chi connectivity index (χ4n) is 4.46. The zero-order valence-electron chi connectivity index (χ0n) is 15.3. The minimum absolute atomic E-state index is 0. The molecule has 27 heavy (non-hydrogen) atoms. The van der Waals surface area contributed by atoms with Gasteiger partial charge in [0.15, 0.2) is 0 Å². The van der Waals surface area contributed by atoms with Crippen LogP contribution in [0.2, 0.25) is 0 Å². The summed E-state index contributed by atoms with van der Waals surface area (Å²) in [5.74, 6) is -0.153. The normalized spacial score (nSPS) is 21.5. The van der Waals surface area contributed by atoms with E-state index in [0.717, 1.165) is 62.4 Å². The van der Waals surface area contributed by atoms with Crippen molar-refractivity contribution in [1.29, 1.82) is 0 Å². The third kappa shape index (κ3) is 3.96. The van der Waals surface area contributed by atoms with E-state index in [9.17, 15) is 8.78 Å². The summed E-state index contributed by atoms with van der Waals surface area (Å²) in [6.45, 7) is 3.73. The summed E-state index contributed by atoms with van der Waals surface area (Å²) in [6.07, 6.45) is 3.16. The fraction of sp³-hybridized carbons (Fsp3) is 0.429. The Bertz CT molecular complexity index is 769. The van der Waals surface area contributed by atoms with Crippen molar-refractivity contribution >= 4 is 23.8 Å². The van der Waals surface area contributed by atoms with Crippen molar-refractivity contribution < 1.29 is 8.78 Å². The molecule has 0 bridgehead atoms. The number of hydrogen-bond acceptors (Lipinski definition) is 3. The minimum Gasteiger partial charge on any atom is -0.337 e. The van der Waals surface area contributed by atoms with Gasteiger partial charge in [0.25, 0.3) is 0 Å². The maximum Gasteiger partial charge on any atom is 0.123 e. The molecule has 1 saturated heterocycles. The predicted molar refractivity (Wildman–Crippen MR) is 108 cm³/mol. The highest BCUT2D eigenvalue weighted by Crippen LogP contribution is 2.48. The Balaban J connectivity index is 0.00000210. The summed E-state index contributed by atoms with van der Waals surface area (Å²) >= 11 is 0. The van der Waals surface area contributed by atoms with Crippen LogP contribution in [0.1, 0.15) is 30.7 Å². The second-order valence-corrected chi connectivity index (χ2v) is 7.31. The Hall–Kier alpha value is -1.69. The minimum atomic E-state index is -0.237. The van der Waals surface area contributed by atoms with Crippen LogP contribution in [0.25, 0.3) is 0 Å². The number of benzene rings is 2. The fourth-order valence-corrected chi connectivity index (χ4v) is 4.46. The second kappa shape index (κ2) is 8.55. The van der Waals surface area contributed by atoms with Gasteiger partial charge in [0.2, 0.25) is 0 Å². The van der Waals surface area contributed by atoms with Crippen LogP contribution in [-0.2, 0) is 0 Å². The van der Waals surface area contributed by atoms with Crippen LogP contribution in [0.15, 0.2) is 42.5 Å². The molecule has 2 N–H and O–H groups in total. The molecule has 0 amide bonds. The van der Waals surface area contributed by atoms with Gasteiger partial charge in [-0.25, -0.2) is 8.78 Å². The number of likely N-dealkylation sites (tertiary alicyclic amines) is 1. The zero-order chi connectivity index (χ0) is 18.1. The van der Waals surface area contributed by atoms with Gasteiger partial charge in [-0.05, 0) is 80.4 Å². The number of anilines is 2. The molecule has 3 nitrogen and oxygen atoms in total. The molecule has 2 aromatic carbocycles. The Kier molecular flexibility index (Phi) is 6.35. The Morgan fingerprint density at radius 1 is 1.00 bits per heavy atom. The first-order valence-electron chi connectivity index (χ1n) is 9.44. The van der Waals surface area contributed by atoms with E-state index in [-0.39, 0.29) is 30.0 Å². The number of nitrogens with two attached hydrogens (primary N) is 1. The van der Waals surface area contributed by atoms with Gasteiger partial charge < -0.3 is 15.5 Å². The van der Waals surface area contributed by atoms with Crippen molar-refractivity contribution in [2.24, 2.45) is 5.73 Å². The standard InChI is InChI=1S/C21H25F2N3.ClH/c22-15-3-6-17(7-4-15)26-20-8-5-16(23)13-18(20)19-14-25(11-2-1-10-24)12-9-21(19)26;/h3-8,13,19,21H,1-2,9-12,14,24H2;1H/t19-,21+;/m0./s1. The average Bonchev–Trinajstić information content (AvgIpc) is 2.96. The van der Waals surface area contributed by atoms with E-state index in [4.69, 9.17) is 5.73 Å². The summed E-state index contributed by atoms with van der Waals surface area (Å²) < 4.78 is 27.3. The monoisotopic (exact) mass is 393 g/mol. The van der Waals surface area contributed by atoms with E-state index in [2.05, 4.69) is 9.80 Å². The van der Waals surface area contributed by atoms with Crippen LogP contribution in [0.4, 0.5) is 20.2 Å². The molecule has 0 spiro atoms. The van der Waals surface area contributed by atoms with Crippen LogP contribution < -0.4 is 10.6 Å². The lowest BCUT2D eigenvalue weighted by Gasteiger charge is -2.39. The Morgan fingerprint density at radius 3 is 2.48 bits per heavy atom. The molecule has 2 aromatic rings. The smallest absolute Gasteiger partial charge is 0.123 e. The molecular formula is C21H26ClF2N3. The van der Waals surface area contributed by atoms with Crippen molar-refractivity contribution in [3.8, 4) is 0 Å². The van der Waals surface area contributed by atoms with E-state index >= 15 is 0 Å². The summed E-state index contributed by atoms with van der Waals surface area (Å²) in [7, 11) is 0. The molecule has 1 fully saturated rings. The number of nitrogens with zero attached hydrogens (tertiary/aromatic N) is 2. The first-order chi connectivity index (χ1) is 12.7. The highest BCUT2D eigenvalue weighted by Gasteiger charge is 2.42. The van der Waals surface area contributed by atoms with E-state index in [1.807, 2.05) is 18.2 Å². The van der Waals surface area contributed by atoms with Crippen molar-refractivity contribution in [2.45, 2.75) is 31.2 Å². The van der Waals surface area contributed by atoms with Gasteiger partial charge in [0, 0.05) is 36.4 Å². The van der Waals surface area contributed by atoms with Crippen LogP contribution in [-0.4, -0.2) is 37.1 Å². The largest absolute Gasteiger partial charge is 0.337 e. The van der Waals surface area contributed by atoms with Crippen LogP contribution in [0, 0.1) is 11.6 Å². The molecule has 6 heteroatoms. The van der Waals surface area contributed by atoms with Gasteiger partial charge in [0.05, 0.1) is 0 Å². The van der Waals surface area contributed by atoms with Crippen molar-refractivity contribution in [2.75, 3.05) is 31.1 Å². The molecule has 4 rings (SSSR count). The molecule has 146 valence electrons. The van der Waals surface area contributed by atoms with Crippen LogP contribution in [0.3, 0.4) is 0 Å². The molecule has 0 aliphatic carbocycles. The molecule has 0 saturated carbocycles. The SMILES string of the molecule is Cl.NCCCCN1CC[C@@H]2[C@@H](C1)c1cc(F)ccc1N2c1ccc(F)cc1. The van der Waals surface area contributed by atoms with Gasteiger partial charge in [-0.15, -0.1) is 12.4 Å². The number of piperidine rings is 1. The molecule has 2 heterocycles. The quantitative estimate of drug-likeness (QED) is 0.762. The maximum absolute atomic E-state index is 14.0. The number of unbranched alkanes of at least 4 members (excludes halogenated alkanes) is 1. The topological polar surface area (TPSA) is 32.5 Å². The molecule has 0 unspecified atom stereocenters. The lowest BCUT2D eigenvalue weighted by molar-refractivity contribution is 0.194. The van der Waals surface area contributed by atoms with Gasteiger partial charge in [-0.3, -0.25) is 0 Å². The van der Waals surface area contributed by atoms with Gasteiger partial charge in [0.1, 0.15) is 11.6 Å². The lowest BCUT2D eigenvalue weighted by atomic mass is 9.89. The molecule has 0 radical (unpaired) electrons. The third-order valence-corrected chi connectivity index (χ3v) is 5.67. The zero-order valence-corrected chi connectivity index (χ0v) is 16.1. The number of rotatable bonds is 5. The van der Waals surface area contributed by atoms with Crippen molar-refractivity contribution in [1.82, 2.24) is 4.90 Å². The van der Waals surface area contributed by atoms with Gasteiger partial charge >= 0.3 is 0 Å². The van der Waals surface area contributed by atoms with Gasteiger partial charge in [-0.2, -0.15) is 0 Å². The highest BCUT2D eigenvalue weighted by atomic mass is 35.5. The van der Waals surface area contributed by atoms with Crippen LogP contribution >= 0.6 is 12.4 Å². The maximum atomic E-state index is 14.0.